The van der Waals surface area contributed by atoms with Crippen LogP contribution >= 0.6 is 11.3 Å². The summed E-state index contributed by atoms with van der Waals surface area (Å²) in [6, 6.07) is 8.20. The molecule has 1 amide bonds. The first-order chi connectivity index (χ1) is 12.1. The molecule has 0 bridgehead atoms. The Balaban J connectivity index is 1.61. The van der Waals surface area contributed by atoms with Gasteiger partial charge in [0.05, 0.1) is 0 Å². The van der Waals surface area contributed by atoms with E-state index in [0.29, 0.717) is 24.4 Å². The fourth-order valence-electron chi connectivity index (χ4n) is 2.53. The summed E-state index contributed by atoms with van der Waals surface area (Å²) < 4.78 is 12.1. The molecule has 1 aliphatic rings. The normalized spacial score (nSPS) is 17.6. The van der Waals surface area contributed by atoms with Crippen molar-refractivity contribution in [2.24, 2.45) is 4.99 Å². The minimum atomic E-state index is -0.541. The summed E-state index contributed by atoms with van der Waals surface area (Å²) in [6.45, 7) is 2.87. The fraction of sp³-hybridized carbons (Fsp3) is 0.389. The lowest BCUT2D eigenvalue weighted by Crippen LogP contribution is -2.25. The number of rotatable bonds is 5. The molecule has 0 saturated carbocycles. The highest BCUT2D eigenvalue weighted by Crippen LogP contribution is 2.13. The van der Waals surface area contributed by atoms with Crippen LogP contribution in [-0.4, -0.2) is 35.8 Å². The number of esters is 1. The molecular formula is C18H20N2O4S. The van der Waals surface area contributed by atoms with Crippen molar-refractivity contribution in [2.75, 3.05) is 13.2 Å². The molecule has 7 heteroatoms. The minimum absolute atomic E-state index is 0.360. The summed E-state index contributed by atoms with van der Waals surface area (Å²) in [7, 11) is 0. The van der Waals surface area contributed by atoms with Crippen LogP contribution < -0.4 is 4.80 Å². The molecule has 0 radical (unpaired) electrons. The molecule has 0 N–H and O–H groups in total. The van der Waals surface area contributed by atoms with Gasteiger partial charge in [-0.05, 0) is 25.3 Å². The van der Waals surface area contributed by atoms with Crippen LogP contribution in [0, 0.1) is 6.92 Å². The molecule has 1 aliphatic heterocycles. The van der Waals surface area contributed by atoms with E-state index in [-0.39, 0.29) is 6.61 Å². The van der Waals surface area contributed by atoms with Gasteiger partial charge in [-0.25, -0.2) is 4.79 Å². The number of carbonyl (C=O) groups excluding carboxylic acids is 2. The number of thiazole rings is 1. The monoisotopic (exact) mass is 360 g/mol. The molecular weight excluding hydrogens is 340 g/mol. The Morgan fingerprint density at radius 2 is 2.16 bits per heavy atom. The van der Waals surface area contributed by atoms with E-state index in [0.717, 1.165) is 12.0 Å². The second-order valence-corrected chi connectivity index (χ2v) is 6.79. The quantitative estimate of drug-likeness (QED) is 0.765. The molecule has 0 spiro atoms. The number of hydrogen-bond acceptors (Lipinski definition) is 5. The van der Waals surface area contributed by atoms with E-state index in [9.17, 15) is 9.59 Å². The Kier molecular flexibility index (Phi) is 5.78. The molecule has 132 valence electrons. The van der Waals surface area contributed by atoms with E-state index in [1.54, 1.807) is 0 Å². The third-order valence-electron chi connectivity index (χ3n) is 3.88. The van der Waals surface area contributed by atoms with Crippen LogP contribution in [0.2, 0.25) is 0 Å². The topological polar surface area (TPSA) is 69.9 Å². The maximum Gasteiger partial charge on any atom is 0.335 e. The van der Waals surface area contributed by atoms with Gasteiger partial charge in [-0.3, -0.25) is 4.79 Å². The summed E-state index contributed by atoms with van der Waals surface area (Å²) in [4.78, 5) is 28.4. The average molecular weight is 360 g/mol. The van der Waals surface area contributed by atoms with Crippen molar-refractivity contribution in [3.05, 3.63) is 51.8 Å². The van der Waals surface area contributed by atoms with E-state index in [4.69, 9.17) is 9.47 Å². The van der Waals surface area contributed by atoms with Gasteiger partial charge in [-0.2, -0.15) is 4.99 Å². The number of hydrogen-bond donors (Lipinski definition) is 0. The molecule has 2 heterocycles. The van der Waals surface area contributed by atoms with Gasteiger partial charge in [0.15, 0.2) is 17.5 Å². The van der Waals surface area contributed by atoms with Crippen molar-refractivity contribution >= 4 is 23.2 Å². The van der Waals surface area contributed by atoms with Gasteiger partial charge in [0.2, 0.25) is 0 Å². The maximum atomic E-state index is 12.0. The number of carbonyl (C=O) groups is 2. The summed E-state index contributed by atoms with van der Waals surface area (Å²) in [6.07, 6.45) is 2.83. The van der Waals surface area contributed by atoms with Gasteiger partial charge in [0, 0.05) is 24.7 Å². The highest BCUT2D eigenvalue weighted by Gasteiger charge is 2.25. The molecule has 0 aliphatic carbocycles. The van der Waals surface area contributed by atoms with E-state index >= 15 is 0 Å². The second kappa shape index (κ2) is 8.22. The molecule has 1 atom stereocenters. The second-order valence-electron chi connectivity index (χ2n) is 5.91. The van der Waals surface area contributed by atoms with Gasteiger partial charge in [-0.1, -0.05) is 29.8 Å². The van der Waals surface area contributed by atoms with Gasteiger partial charge >= 0.3 is 5.97 Å². The first-order valence-corrected chi connectivity index (χ1v) is 9.05. The highest BCUT2D eigenvalue weighted by atomic mass is 32.1. The third-order valence-corrected chi connectivity index (χ3v) is 4.68. The van der Waals surface area contributed by atoms with E-state index in [1.807, 2.05) is 23.1 Å². The van der Waals surface area contributed by atoms with Crippen molar-refractivity contribution in [1.29, 1.82) is 0 Å². The number of benzene rings is 1. The van der Waals surface area contributed by atoms with Crippen LogP contribution in [0.3, 0.4) is 0 Å². The van der Waals surface area contributed by atoms with Crippen molar-refractivity contribution in [1.82, 2.24) is 4.57 Å². The highest BCUT2D eigenvalue weighted by molar-refractivity contribution is 7.07. The third kappa shape index (κ3) is 4.87. The SMILES string of the molecule is Cc1ccc(Cn2ccsc2=NC(=O)COC(=O)[C@@H]2CCCO2)cc1. The largest absolute Gasteiger partial charge is 0.454 e. The van der Waals surface area contributed by atoms with Crippen LogP contribution in [0.25, 0.3) is 0 Å². The van der Waals surface area contributed by atoms with Gasteiger partial charge in [-0.15, -0.1) is 11.3 Å². The summed E-state index contributed by atoms with van der Waals surface area (Å²) in [5, 5.41) is 1.87. The summed E-state index contributed by atoms with van der Waals surface area (Å²) in [5.74, 6) is -0.966. The first-order valence-electron chi connectivity index (χ1n) is 8.17. The van der Waals surface area contributed by atoms with Gasteiger partial charge in [0.1, 0.15) is 0 Å². The predicted molar refractivity (Wildman–Crippen MR) is 93.1 cm³/mol. The zero-order valence-corrected chi connectivity index (χ0v) is 14.8. The van der Waals surface area contributed by atoms with Crippen LogP contribution in [0.15, 0.2) is 40.8 Å². The van der Waals surface area contributed by atoms with Gasteiger partial charge < -0.3 is 14.0 Å². The van der Waals surface area contributed by atoms with E-state index in [2.05, 4.69) is 29.3 Å². The van der Waals surface area contributed by atoms with Gasteiger partial charge in [0.25, 0.3) is 5.91 Å². The molecule has 1 aromatic heterocycles. The molecule has 6 nitrogen and oxygen atoms in total. The minimum Gasteiger partial charge on any atom is -0.454 e. The van der Waals surface area contributed by atoms with Crippen molar-refractivity contribution in [2.45, 2.75) is 32.4 Å². The Morgan fingerprint density at radius 1 is 1.36 bits per heavy atom. The van der Waals surface area contributed by atoms with Crippen LogP contribution in [-0.2, 0) is 25.6 Å². The molecule has 0 unspecified atom stereocenters. The average Bonchev–Trinajstić information content (AvgIpc) is 3.27. The van der Waals surface area contributed by atoms with Crippen molar-refractivity contribution < 1.29 is 19.1 Å². The molecule has 1 saturated heterocycles. The Bertz CT molecular complexity index is 801. The zero-order valence-electron chi connectivity index (χ0n) is 14.0. The predicted octanol–water partition coefficient (Wildman–Crippen LogP) is 2.06. The lowest BCUT2D eigenvalue weighted by molar-refractivity contribution is -0.156. The smallest absolute Gasteiger partial charge is 0.335 e. The molecule has 1 fully saturated rings. The van der Waals surface area contributed by atoms with Crippen LogP contribution in [0.1, 0.15) is 24.0 Å². The number of ether oxygens (including phenoxy) is 2. The number of nitrogens with zero attached hydrogens (tertiary/aromatic N) is 2. The molecule has 2 aromatic rings. The number of aryl methyl sites for hydroxylation is 1. The molecule has 3 rings (SSSR count). The van der Waals surface area contributed by atoms with Crippen molar-refractivity contribution in [3.63, 3.8) is 0 Å². The Hall–Kier alpha value is -2.25. The maximum absolute atomic E-state index is 12.0. The molecule has 1 aromatic carbocycles. The standard InChI is InChI=1S/C18H20N2O4S/c1-13-4-6-14(7-5-13)11-20-8-10-25-18(20)19-16(21)12-24-17(22)15-3-2-9-23-15/h4-8,10,15H,2-3,9,11-12H2,1H3/t15-/m0/s1. The van der Waals surface area contributed by atoms with Crippen LogP contribution in [0.5, 0.6) is 0 Å². The first kappa shape index (κ1) is 17.6. The molecule has 25 heavy (non-hydrogen) atoms. The fourth-order valence-corrected chi connectivity index (χ4v) is 3.27. The van der Waals surface area contributed by atoms with E-state index < -0.39 is 18.0 Å². The summed E-state index contributed by atoms with van der Waals surface area (Å²) >= 11 is 1.37. The lowest BCUT2D eigenvalue weighted by atomic mass is 10.1. The van der Waals surface area contributed by atoms with Crippen molar-refractivity contribution in [3.8, 4) is 0 Å². The number of aromatic nitrogens is 1. The summed E-state index contributed by atoms with van der Waals surface area (Å²) in [5.41, 5.74) is 2.33. The van der Waals surface area contributed by atoms with E-state index in [1.165, 1.54) is 16.9 Å². The zero-order chi connectivity index (χ0) is 17.6. The number of amides is 1. The van der Waals surface area contributed by atoms with Crippen LogP contribution in [0.4, 0.5) is 0 Å². The Morgan fingerprint density at radius 3 is 2.88 bits per heavy atom. The Labute approximate surface area is 149 Å². The lowest BCUT2D eigenvalue weighted by Gasteiger charge is -2.07.